The molecule has 0 radical (unpaired) electrons. The minimum atomic E-state index is -3.38. The van der Waals surface area contributed by atoms with Crippen molar-refractivity contribution in [2.45, 2.75) is 37.1 Å². The maximum atomic E-state index is 12.1. The van der Waals surface area contributed by atoms with Crippen molar-refractivity contribution in [2.75, 3.05) is 24.6 Å². The van der Waals surface area contributed by atoms with Gasteiger partial charge in [-0.2, -0.15) is 0 Å². The highest BCUT2D eigenvalue weighted by Crippen LogP contribution is 2.23. The SMILES string of the molecule is CCCN(CCO)c1ccc(S(=O)(=O)NC2CC2)cc1. The summed E-state index contributed by atoms with van der Waals surface area (Å²) in [4.78, 5) is 2.35. The van der Waals surface area contributed by atoms with Crippen molar-refractivity contribution in [3.05, 3.63) is 24.3 Å². The van der Waals surface area contributed by atoms with Gasteiger partial charge < -0.3 is 10.0 Å². The fourth-order valence-corrected chi connectivity index (χ4v) is 3.39. The molecule has 0 aromatic heterocycles. The molecule has 0 amide bonds. The first-order valence-corrected chi connectivity index (χ1v) is 8.53. The van der Waals surface area contributed by atoms with Gasteiger partial charge in [-0.25, -0.2) is 13.1 Å². The van der Waals surface area contributed by atoms with E-state index < -0.39 is 10.0 Å². The lowest BCUT2D eigenvalue weighted by Crippen LogP contribution is -2.28. The molecule has 112 valence electrons. The van der Waals surface area contributed by atoms with E-state index in [1.807, 2.05) is 4.90 Å². The van der Waals surface area contributed by atoms with Crippen LogP contribution in [0.1, 0.15) is 26.2 Å². The molecule has 1 aliphatic rings. The molecule has 2 N–H and O–H groups in total. The Balaban J connectivity index is 2.11. The van der Waals surface area contributed by atoms with E-state index in [1.54, 1.807) is 24.3 Å². The van der Waals surface area contributed by atoms with Crippen LogP contribution in [0, 0.1) is 0 Å². The van der Waals surface area contributed by atoms with Gasteiger partial charge in [0, 0.05) is 24.8 Å². The molecule has 5 nitrogen and oxygen atoms in total. The van der Waals surface area contributed by atoms with E-state index in [-0.39, 0.29) is 12.6 Å². The first kappa shape index (κ1) is 15.3. The molecule has 0 heterocycles. The van der Waals surface area contributed by atoms with E-state index in [9.17, 15) is 8.42 Å². The molecule has 1 aromatic rings. The van der Waals surface area contributed by atoms with Crippen LogP contribution in [-0.2, 0) is 10.0 Å². The highest BCUT2D eigenvalue weighted by Gasteiger charge is 2.27. The van der Waals surface area contributed by atoms with Gasteiger partial charge in [0.1, 0.15) is 0 Å². The highest BCUT2D eigenvalue weighted by molar-refractivity contribution is 7.89. The molecule has 0 spiro atoms. The largest absolute Gasteiger partial charge is 0.395 e. The second-order valence-corrected chi connectivity index (χ2v) is 6.81. The number of hydrogen-bond acceptors (Lipinski definition) is 4. The Kier molecular flexibility index (Phi) is 5.01. The summed E-state index contributed by atoms with van der Waals surface area (Å²) >= 11 is 0. The zero-order valence-electron chi connectivity index (χ0n) is 11.7. The standard InChI is InChI=1S/C14H22N2O3S/c1-2-9-16(10-11-17)13-5-7-14(8-6-13)20(18,19)15-12-3-4-12/h5-8,12,15,17H,2-4,9-11H2,1H3. The lowest BCUT2D eigenvalue weighted by Gasteiger charge is -2.23. The molecule has 20 heavy (non-hydrogen) atoms. The van der Waals surface area contributed by atoms with Gasteiger partial charge in [0.15, 0.2) is 0 Å². The molecule has 2 rings (SSSR count). The van der Waals surface area contributed by atoms with Crippen molar-refractivity contribution in [1.29, 1.82) is 0 Å². The van der Waals surface area contributed by atoms with Gasteiger partial charge in [-0.3, -0.25) is 0 Å². The second kappa shape index (κ2) is 6.56. The Morgan fingerprint density at radius 3 is 2.40 bits per heavy atom. The van der Waals surface area contributed by atoms with Crippen LogP contribution in [0.4, 0.5) is 5.69 Å². The number of nitrogens with zero attached hydrogens (tertiary/aromatic N) is 1. The van der Waals surface area contributed by atoms with Crippen LogP contribution in [0.25, 0.3) is 0 Å². The minimum Gasteiger partial charge on any atom is -0.395 e. The van der Waals surface area contributed by atoms with E-state index in [0.29, 0.717) is 11.4 Å². The summed E-state index contributed by atoms with van der Waals surface area (Å²) in [5.74, 6) is 0. The molecule has 6 heteroatoms. The van der Waals surface area contributed by atoms with E-state index in [4.69, 9.17) is 5.11 Å². The van der Waals surface area contributed by atoms with Crippen molar-refractivity contribution in [3.8, 4) is 0 Å². The van der Waals surface area contributed by atoms with Crippen molar-refractivity contribution in [3.63, 3.8) is 0 Å². The van der Waals surface area contributed by atoms with Crippen LogP contribution in [-0.4, -0.2) is 39.3 Å². The van der Waals surface area contributed by atoms with Gasteiger partial charge in [-0.05, 0) is 43.5 Å². The van der Waals surface area contributed by atoms with Crippen LogP contribution < -0.4 is 9.62 Å². The summed E-state index contributed by atoms with van der Waals surface area (Å²) in [6, 6.07) is 6.96. The fraction of sp³-hybridized carbons (Fsp3) is 0.571. The lowest BCUT2D eigenvalue weighted by molar-refractivity contribution is 0.302. The summed E-state index contributed by atoms with van der Waals surface area (Å²) < 4.78 is 26.8. The predicted molar refractivity (Wildman–Crippen MR) is 79.4 cm³/mol. The van der Waals surface area contributed by atoms with Crippen molar-refractivity contribution >= 4 is 15.7 Å². The van der Waals surface area contributed by atoms with Crippen molar-refractivity contribution < 1.29 is 13.5 Å². The predicted octanol–water partition coefficient (Wildman–Crippen LogP) is 1.34. The van der Waals surface area contributed by atoms with Gasteiger partial charge >= 0.3 is 0 Å². The molecule has 0 atom stereocenters. The molecular formula is C14H22N2O3S. The Hall–Kier alpha value is -1.11. The third-order valence-corrected chi connectivity index (χ3v) is 4.81. The molecule has 0 unspecified atom stereocenters. The monoisotopic (exact) mass is 298 g/mol. The lowest BCUT2D eigenvalue weighted by atomic mass is 10.2. The number of aliphatic hydroxyl groups excluding tert-OH is 1. The average molecular weight is 298 g/mol. The quantitative estimate of drug-likeness (QED) is 0.760. The Morgan fingerprint density at radius 2 is 1.90 bits per heavy atom. The van der Waals surface area contributed by atoms with Crippen LogP contribution in [0.15, 0.2) is 29.2 Å². The van der Waals surface area contributed by atoms with Crippen LogP contribution in [0.5, 0.6) is 0 Å². The fourth-order valence-electron chi connectivity index (χ4n) is 2.09. The first-order valence-electron chi connectivity index (χ1n) is 7.05. The number of aliphatic hydroxyl groups is 1. The number of anilines is 1. The van der Waals surface area contributed by atoms with Gasteiger partial charge in [-0.15, -0.1) is 0 Å². The average Bonchev–Trinajstić information content (AvgIpc) is 3.22. The van der Waals surface area contributed by atoms with E-state index in [2.05, 4.69) is 11.6 Å². The molecule has 1 aliphatic carbocycles. The highest BCUT2D eigenvalue weighted by atomic mass is 32.2. The summed E-state index contributed by atoms with van der Waals surface area (Å²) in [5, 5.41) is 9.07. The van der Waals surface area contributed by atoms with Gasteiger partial charge in [0.05, 0.1) is 11.5 Å². The zero-order chi connectivity index (χ0) is 14.6. The topological polar surface area (TPSA) is 69.6 Å². The van der Waals surface area contributed by atoms with Crippen molar-refractivity contribution in [1.82, 2.24) is 4.72 Å². The van der Waals surface area contributed by atoms with Crippen LogP contribution in [0.2, 0.25) is 0 Å². The first-order chi connectivity index (χ1) is 9.56. The number of nitrogens with one attached hydrogen (secondary N) is 1. The van der Waals surface area contributed by atoms with Crippen molar-refractivity contribution in [2.24, 2.45) is 0 Å². The normalized spacial score (nSPS) is 15.3. The van der Waals surface area contributed by atoms with Crippen LogP contribution in [0.3, 0.4) is 0 Å². The molecule has 0 bridgehead atoms. The molecule has 0 aliphatic heterocycles. The Bertz CT molecular complexity index is 518. The summed E-state index contributed by atoms with van der Waals surface area (Å²) in [7, 11) is -3.38. The number of hydrogen-bond donors (Lipinski definition) is 2. The maximum Gasteiger partial charge on any atom is 0.240 e. The smallest absolute Gasteiger partial charge is 0.240 e. The third kappa shape index (κ3) is 3.94. The maximum absolute atomic E-state index is 12.1. The summed E-state index contributed by atoms with van der Waals surface area (Å²) in [5.41, 5.74) is 0.936. The van der Waals surface area contributed by atoms with Gasteiger partial charge in [0.2, 0.25) is 10.0 Å². The minimum absolute atomic E-state index is 0.0866. The molecule has 1 fully saturated rings. The number of benzene rings is 1. The molecule has 1 aromatic carbocycles. The zero-order valence-corrected chi connectivity index (χ0v) is 12.6. The Labute approximate surface area is 120 Å². The van der Waals surface area contributed by atoms with Gasteiger partial charge in [0.25, 0.3) is 0 Å². The third-order valence-electron chi connectivity index (χ3n) is 3.27. The second-order valence-electron chi connectivity index (χ2n) is 5.10. The summed E-state index contributed by atoms with van der Waals surface area (Å²) in [6.45, 7) is 3.55. The number of sulfonamides is 1. The molecule has 1 saturated carbocycles. The molecular weight excluding hydrogens is 276 g/mol. The van der Waals surface area contributed by atoms with Crippen LogP contribution >= 0.6 is 0 Å². The van der Waals surface area contributed by atoms with E-state index >= 15 is 0 Å². The van der Waals surface area contributed by atoms with E-state index in [0.717, 1.165) is 31.5 Å². The number of rotatable bonds is 8. The van der Waals surface area contributed by atoms with Gasteiger partial charge in [-0.1, -0.05) is 6.92 Å². The molecule has 0 saturated heterocycles. The van der Waals surface area contributed by atoms with E-state index in [1.165, 1.54) is 0 Å². The Morgan fingerprint density at radius 1 is 1.25 bits per heavy atom. The summed E-state index contributed by atoms with van der Waals surface area (Å²) in [6.07, 6.45) is 2.83.